The minimum atomic E-state index is 0.104. The second-order valence-corrected chi connectivity index (χ2v) is 6.36. The van der Waals surface area contributed by atoms with Crippen molar-refractivity contribution in [2.45, 2.75) is 53.1 Å². The Balaban J connectivity index is 2.33. The van der Waals surface area contributed by atoms with E-state index in [2.05, 4.69) is 33.8 Å². The van der Waals surface area contributed by atoms with E-state index in [1.807, 2.05) is 0 Å². The lowest BCUT2D eigenvalue weighted by Gasteiger charge is -2.47. The Morgan fingerprint density at radius 1 is 1.33 bits per heavy atom. The average Bonchev–Trinajstić information content (AvgIpc) is 2.31. The minimum Gasteiger partial charge on any atom is -0.464 e. The molecule has 0 aromatic heterocycles. The first-order chi connectivity index (χ1) is 8.58. The van der Waals surface area contributed by atoms with Gasteiger partial charge in [0.15, 0.2) is 0 Å². The van der Waals surface area contributed by atoms with Gasteiger partial charge in [-0.05, 0) is 36.5 Å². The Hall–Kier alpha value is -0.790. The molecule has 0 amide bonds. The lowest BCUT2D eigenvalue weighted by molar-refractivity contribution is -0.139. The van der Waals surface area contributed by atoms with Gasteiger partial charge in [0.25, 0.3) is 6.47 Å². The molecule has 1 saturated carbocycles. The number of ether oxygens (including phenoxy) is 1. The van der Waals surface area contributed by atoms with Crippen LogP contribution in [0, 0.1) is 29.6 Å². The summed E-state index contributed by atoms with van der Waals surface area (Å²) >= 11 is 0. The summed E-state index contributed by atoms with van der Waals surface area (Å²) in [5.74, 6) is 3.06. The molecule has 0 N–H and O–H groups in total. The zero-order chi connectivity index (χ0) is 13.3. The summed E-state index contributed by atoms with van der Waals surface area (Å²) in [4.78, 5) is 10.8. The smallest absolute Gasteiger partial charge is 0.293 e. The fourth-order valence-corrected chi connectivity index (χ4v) is 4.34. The maximum absolute atomic E-state index is 10.8. The van der Waals surface area contributed by atoms with Gasteiger partial charge in [-0.25, -0.2) is 0 Å². The highest BCUT2D eigenvalue weighted by Crippen LogP contribution is 2.49. The van der Waals surface area contributed by atoms with Gasteiger partial charge < -0.3 is 4.74 Å². The normalized spacial score (nSPS) is 43.9. The number of rotatable bonds is 3. The number of hydrogen-bond acceptors (Lipinski definition) is 2. The number of carbonyl (C=O) groups is 1. The van der Waals surface area contributed by atoms with Crippen LogP contribution in [0.3, 0.4) is 0 Å². The first kappa shape index (κ1) is 13.6. The predicted octanol–water partition coefficient (Wildman–Crippen LogP) is 3.81. The predicted molar refractivity (Wildman–Crippen MR) is 73.0 cm³/mol. The summed E-state index contributed by atoms with van der Waals surface area (Å²) in [6.07, 6.45) is 6.01. The zero-order valence-corrected chi connectivity index (χ0v) is 12.1. The summed E-state index contributed by atoms with van der Waals surface area (Å²) < 4.78 is 5.43. The van der Waals surface area contributed by atoms with Gasteiger partial charge in [-0.1, -0.05) is 45.8 Å². The van der Waals surface area contributed by atoms with Crippen molar-refractivity contribution in [1.29, 1.82) is 0 Å². The third-order valence-electron chi connectivity index (χ3n) is 5.05. The number of carbonyl (C=O) groups excluding carboxylic acids is 1. The van der Waals surface area contributed by atoms with Gasteiger partial charge in [-0.15, -0.1) is 0 Å². The Morgan fingerprint density at radius 3 is 2.67 bits per heavy atom. The maximum atomic E-state index is 10.8. The van der Waals surface area contributed by atoms with Crippen molar-refractivity contribution in [3.8, 4) is 0 Å². The molecular weight excluding hydrogens is 224 g/mol. The van der Waals surface area contributed by atoms with Crippen LogP contribution in [0.25, 0.3) is 0 Å². The third-order valence-corrected chi connectivity index (χ3v) is 5.05. The number of fused-ring (bicyclic) bond motifs is 1. The van der Waals surface area contributed by atoms with Crippen molar-refractivity contribution in [3.05, 3.63) is 11.6 Å². The zero-order valence-electron chi connectivity index (χ0n) is 12.1. The topological polar surface area (TPSA) is 26.3 Å². The van der Waals surface area contributed by atoms with Gasteiger partial charge in [0.05, 0.1) is 0 Å². The molecule has 2 unspecified atom stereocenters. The second-order valence-electron chi connectivity index (χ2n) is 6.36. The Morgan fingerprint density at radius 2 is 2.06 bits per heavy atom. The molecule has 0 heterocycles. The van der Waals surface area contributed by atoms with E-state index in [4.69, 9.17) is 4.74 Å². The molecular formula is C16H26O2. The molecule has 6 atom stereocenters. The number of allylic oxidation sites excluding steroid dienone is 1. The Bertz CT molecular complexity index is 334. The SMILES string of the molecule is CC[C@@H]1C2C(=C[C@H](C)C[C@@H]2OC=O)C(C)C[C@@H]1C. The van der Waals surface area contributed by atoms with Crippen molar-refractivity contribution in [2.75, 3.05) is 0 Å². The molecule has 0 spiro atoms. The fourth-order valence-electron chi connectivity index (χ4n) is 4.34. The summed E-state index contributed by atoms with van der Waals surface area (Å²) in [5.41, 5.74) is 1.56. The Labute approximate surface area is 111 Å². The van der Waals surface area contributed by atoms with Crippen molar-refractivity contribution >= 4 is 6.47 Å². The molecule has 0 aromatic rings. The van der Waals surface area contributed by atoms with Crippen LogP contribution in [0.1, 0.15) is 47.0 Å². The van der Waals surface area contributed by atoms with E-state index in [0.29, 0.717) is 30.1 Å². The molecule has 2 heteroatoms. The molecule has 0 radical (unpaired) electrons. The summed E-state index contributed by atoms with van der Waals surface area (Å²) in [6, 6.07) is 0. The van der Waals surface area contributed by atoms with E-state index >= 15 is 0 Å². The Kier molecular flexibility index (Phi) is 4.14. The molecule has 0 saturated heterocycles. The van der Waals surface area contributed by atoms with E-state index in [1.54, 1.807) is 5.57 Å². The molecule has 2 nitrogen and oxygen atoms in total. The van der Waals surface area contributed by atoms with Crippen LogP contribution in [-0.2, 0) is 9.53 Å². The summed E-state index contributed by atoms with van der Waals surface area (Å²) in [7, 11) is 0. The molecule has 102 valence electrons. The first-order valence-electron chi connectivity index (χ1n) is 7.39. The van der Waals surface area contributed by atoms with Crippen LogP contribution in [0.4, 0.5) is 0 Å². The highest BCUT2D eigenvalue weighted by molar-refractivity contribution is 5.38. The lowest BCUT2D eigenvalue weighted by Crippen LogP contribution is -2.43. The summed E-state index contributed by atoms with van der Waals surface area (Å²) in [5, 5.41) is 0. The monoisotopic (exact) mass is 250 g/mol. The number of hydrogen-bond donors (Lipinski definition) is 0. The van der Waals surface area contributed by atoms with Gasteiger partial charge in [0, 0.05) is 5.92 Å². The van der Waals surface area contributed by atoms with Gasteiger partial charge in [-0.3, -0.25) is 4.79 Å². The van der Waals surface area contributed by atoms with E-state index in [1.165, 1.54) is 12.8 Å². The second kappa shape index (κ2) is 5.46. The highest BCUT2D eigenvalue weighted by atomic mass is 16.5. The van der Waals surface area contributed by atoms with Crippen molar-refractivity contribution < 1.29 is 9.53 Å². The molecule has 0 aliphatic heterocycles. The van der Waals surface area contributed by atoms with Gasteiger partial charge in [-0.2, -0.15) is 0 Å². The minimum absolute atomic E-state index is 0.104. The van der Waals surface area contributed by atoms with Crippen LogP contribution >= 0.6 is 0 Å². The van der Waals surface area contributed by atoms with E-state index in [0.717, 1.165) is 12.3 Å². The van der Waals surface area contributed by atoms with E-state index < -0.39 is 0 Å². The van der Waals surface area contributed by atoms with Crippen LogP contribution in [-0.4, -0.2) is 12.6 Å². The van der Waals surface area contributed by atoms with Crippen molar-refractivity contribution in [3.63, 3.8) is 0 Å². The van der Waals surface area contributed by atoms with Gasteiger partial charge in [0.1, 0.15) is 6.10 Å². The fraction of sp³-hybridized carbons (Fsp3) is 0.812. The summed E-state index contributed by atoms with van der Waals surface area (Å²) in [6.45, 7) is 9.84. The molecule has 2 aliphatic carbocycles. The van der Waals surface area contributed by atoms with Gasteiger partial charge in [0.2, 0.25) is 0 Å². The van der Waals surface area contributed by atoms with Crippen LogP contribution < -0.4 is 0 Å². The third kappa shape index (κ3) is 2.34. The van der Waals surface area contributed by atoms with E-state index in [9.17, 15) is 4.79 Å². The van der Waals surface area contributed by atoms with Gasteiger partial charge >= 0.3 is 0 Å². The molecule has 0 aromatic carbocycles. The molecule has 2 rings (SSSR count). The molecule has 0 bridgehead atoms. The lowest BCUT2D eigenvalue weighted by atomic mass is 9.60. The molecule has 2 aliphatic rings. The maximum Gasteiger partial charge on any atom is 0.293 e. The molecule has 18 heavy (non-hydrogen) atoms. The highest BCUT2D eigenvalue weighted by Gasteiger charge is 2.44. The largest absolute Gasteiger partial charge is 0.464 e. The van der Waals surface area contributed by atoms with Crippen molar-refractivity contribution in [1.82, 2.24) is 0 Å². The standard InChI is InChI=1S/C16H26O2/c1-5-13-11(3)8-12(4)14-6-10(2)7-15(16(13)14)18-9-17/h6,9-13,15-16H,5,7-8H2,1-4H3/t10-,11-,12?,13-,15-,16?/m0/s1. The van der Waals surface area contributed by atoms with Crippen molar-refractivity contribution in [2.24, 2.45) is 29.6 Å². The van der Waals surface area contributed by atoms with Crippen LogP contribution in [0.2, 0.25) is 0 Å². The first-order valence-corrected chi connectivity index (χ1v) is 7.39. The average molecular weight is 250 g/mol. The molecule has 1 fully saturated rings. The quantitative estimate of drug-likeness (QED) is 0.562. The van der Waals surface area contributed by atoms with E-state index in [-0.39, 0.29) is 6.10 Å². The van der Waals surface area contributed by atoms with Crippen LogP contribution in [0.15, 0.2) is 11.6 Å². The van der Waals surface area contributed by atoms with Crippen LogP contribution in [0.5, 0.6) is 0 Å².